The van der Waals surface area contributed by atoms with Crippen LogP contribution < -0.4 is 0 Å². The van der Waals surface area contributed by atoms with Gasteiger partial charge in [0.05, 0.1) is 17.8 Å². The molecular weight excluding hydrogens is 342 g/mol. The Hall–Kier alpha value is -2.35. The topological polar surface area (TPSA) is 80.0 Å². The number of aryl methyl sites for hydroxylation is 1. The van der Waals surface area contributed by atoms with E-state index in [9.17, 15) is 4.79 Å². The van der Waals surface area contributed by atoms with E-state index in [0.717, 1.165) is 49.8 Å². The van der Waals surface area contributed by atoms with Crippen LogP contribution in [0.3, 0.4) is 0 Å². The molecule has 27 heavy (non-hydrogen) atoms. The molecule has 4 rings (SSSR count). The minimum absolute atomic E-state index is 0.0310. The Morgan fingerprint density at radius 3 is 2.56 bits per heavy atom. The van der Waals surface area contributed by atoms with Gasteiger partial charge in [0.1, 0.15) is 18.0 Å². The number of hydrogen-bond donors (Lipinski definition) is 0. The largest absolute Gasteiger partial charge is 0.338 e. The molecule has 0 spiro atoms. The molecule has 0 aromatic carbocycles. The summed E-state index contributed by atoms with van der Waals surface area (Å²) in [5.41, 5.74) is 1.34. The van der Waals surface area contributed by atoms with Crippen LogP contribution in [0.1, 0.15) is 65.3 Å². The Bertz CT molecular complexity index is 819. The molecule has 3 heterocycles. The van der Waals surface area contributed by atoms with Gasteiger partial charge in [-0.1, -0.05) is 0 Å². The van der Waals surface area contributed by atoms with E-state index in [0.29, 0.717) is 17.5 Å². The molecule has 2 fully saturated rings. The zero-order valence-electron chi connectivity index (χ0n) is 16.3. The van der Waals surface area contributed by atoms with E-state index in [2.05, 4.69) is 43.7 Å². The number of likely N-dealkylation sites (tertiary alicyclic amines) is 1. The molecule has 0 bridgehead atoms. The normalized spacial score (nSPS) is 18.3. The molecule has 1 saturated carbocycles. The fourth-order valence-electron chi connectivity index (χ4n) is 3.85. The van der Waals surface area contributed by atoms with E-state index < -0.39 is 0 Å². The number of carbonyl (C=O) groups excluding carboxylic acids is 1. The Kier molecular flexibility index (Phi) is 4.90. The lowest BCUT2D eigenvalue weighted by atomic mass is 9.95. The monoisotopic (exact) mass is 369 g/mol. The standard InChI is InChI=1S/C19H27N7O/c1-13-16(10-20-12-21-13)19(27)25-8-6-14(7-9-25)18-23-22-17(11-24(2)3)26(18)15-4-5-15/h10,12,14-15H,4-9,11H2,1-3H3. The van der Waals surface area contributed by atoms with Crippen molar-refractivity contribution in [3.05, 3.63) is 35.4 Å². The molecule has 1 saturated heterocycles. The maximum Gasteiger partial charge on any atom is 0.257 e. The smallest absolute Gasteiger partial charge is 0.257 e. The highest BCUT2D eigenvalue weighted by Gasteiger charge is 2.34. The van der Waals surface area contributed by atoms with Crippen LogP contribution >= 0.6 is 0 Å². The Labute approximate surface area is 159 Å². The van der Waals surface area contributed by atoms with Gasteiger partial charge in [-0.2, -0.15) is 0 Å². The number of aromatic nitrogens is 5. The van der Waals surface area contributed by atoms with Gasteiger partial charge in [0.15, 0.2) is 0 Å². The van der Waals surface area contributed by atoms with Crippen LogP contribution in [-0.4, -0.2) is 67.6 Å². The highest BCUT2D eigenvalue weighted by Crippen LogP contribution is 2.40. The van der Waals surface area contributed by atoms with Crippen molar-refractivity contribution in [2.75, 3.05) is 27.2 Å². The second-order valence-electron chi connectivity index (χ2n) is 7.90. The summed E-state index contributed by atoms with van der Waals surface area (Å²) in [7, 11) is 4.12. The Morgan fingerprint density at radius 1 is 1.19 bits per heavy atom. The first-order valence-corrected chi connectivity index (χ1v) is 9.69. The van der Waals surface area contributed by atoms with Crippen LogP contribution in [-0.2, 0) is 6.54 Å². The lowest BCUT2D eigenvalue weighted by molar-refractivity contribution is 0.0708. The van der Waals surface area contributed by atoms with Crippen LogP contribution in [0.25, 0.3) is 0 Å². The molecule has 1 aliphatic heterocycles. The van der Waals surface area contributed by atoms with Gasteiger partial charge in [0.25, 0.3) is 5.91 Å². The molecule has 2 aliphatic rings. The summed E-state index contributed by atoms with van der Waals surface area (Å²) in [5.74, 6) is 2.57. The summed E-state index contributed by atoms with van der Waals surface area (Å²) >= 11 is 0. The van der Waals surface area contributed by atoms with Crippen molar-refractivity contribution in [1.29, 1.82) is 0 Å². The highest BCUT2D eigenvalue weighted by atomic mass is 16.2. The molecule has 8 nitrogen and oxygen atoms in total. The number of hydrogen-bond acceptors (Lipinski definition) is 6. The number of nitrogens with zero attached hydrogens (tertiary/aromatic N) is 7. The number of carbonyl (C=O) groups is 1. The van der Waals surface area contributed by atoms with Gasteiger partial charge >= 0.3 is 0 Å². The predicted molar refractivity (Wildman–Crippen MR) is 100 cm³/mol. The molecule has 0 N–H and O–H groups in total. The van der Waals surface area contributed by atoms with Crippen LogP contribution in [0.5, 0.6) is 0 Å². The van der Waals surface area contributed by atoms with Gasteiger partial charge in [-0.05, 0) is 46.7 Å². The molecule has 0 unspecified atom stereocenters. The van der Waals surface area contributed by atoms with Crippen molar-refractivity contribution in [2.24, 2.45) is 0 Å². The third-order valence-corrected chi connectivity index (χ3v) is 5.45. The number of amides is 1. The molecule has 0 radical (unpaired) electrons. The molecule has 144 valence electrons. The third-order valence-electron chi connectivity index (χ3n) is 5.45. The van der Waals surface area contributed by atoms with Gasteiger partial charge in [-0.25, -0.2) is 9.97 Å². The van der Waals surface area contributed by atoms with Gasteiger partial charge in [0, 0.05) is 31.2 Å². The maximum atomic E-state index is 12.8. The molecule has 2 aromatic rings. The summed E-state index contributed by atoms with van der Waals surface area (Å²) in [6, 6.07) is 0.564. The second kappa shape index (κ2) is 7.34. The molecule has 0 atom stereocenters. The number of piperidine rings is 1. The van der Waals surface area contributed by atoms with Crippen molar-refractivity contribution in [3.63, 3.8) is 0 Å². The summed E-state index contributed by atoms with van der Waals surface area (Å²) in [6.45, 7) is 4.14. The first kappa shape index (κ1) is 18.0. The fourth-order valence-corrected chi connectivity index (χ4v) is 3.85. The van der Waals surface area contributed by atoms with E-state index in [4.69, 9.17) is 0 Å². The summed E-state index contributed by atoms with van der Waals surface area (Å²) in [5, 5.41) is 9.04. The lowest BCUT2D eigenvalue weighted by Crippen LogP contribution is -2.38. The molecule has 8 heteroatoms. The summed E-state index contributed by atoms with van der Waals surface area (Å²) < 4.78 is 2.37. The zero-order valence-corrected chi connectivity index (χ0v) is 16.3. The minimum atomic E-state index is 0.0310. The van der Waals surface area contributed by atoms with Gasteiger partial charge in [-0.15, -0.1) is 10.2 Å². The van der Waals surface area contributed by atoms with Crippen LogP contribution in [0, 0.1) is 6.92 Å². The number of rotatable bonds is 5. The van der Waals surface area contributed by atoms with E-state index in [1.807, 2.05) is 11.8 Å². The first-order chi connectivity index (χ1) is 13.0. The van der Waals surface area contributed by atoms with Crippen LogP contribution in [0.4, 0.5) is 0 Å². The minimum Gasteiger partial charge on any atom is -0.338 e. The second-order valence-corrected chi connectivity index (χ2v) is 7.90. The van der Waals surface area contributed by atoms with Crippen molar-refractivity contribution < 1.29 is 4.79 Å². The Balaban J connectivity index is 1.46. The third kappa shape index (κ3) is 3.71. The Morgan fingerprint density at radius 2 is 1.93 bits per heavy atom. The summed E-state index contributed by atoms with van der Waals surface area (Å²) in [6.07, 6.45) is 7.38. The van der Waals surface area contributed by atoms with Gasteiger partial charge < -0.3 is 14.4 Å². The highest BCUT2D eigenvalue weighted by molar-refractivity contribution is 5.94. The zero-order chi connectivity index (χ0) is 19.0. The predicted octanol–water partition coefficient (Wildman–Crippen LogP) is 1.79. The van der Waals surface area contributed by atoms with Crippen molar-refractivity contribution in [2.45, 2.75) is 51.1 Å². The van der Waals surface area contributed by atoms with Crippen LogP contribution in [0.15, 0.2) is 12.5 Å². The lowest BCUT2D eigenvalue weighted by Gasteiger charge is -2.32. The quantitative estimate of drug-likeness (QED) is 0.799. The first-order valence-electron chi connectivity index (χ1n) is 9.69. The van der Waals surface area contributed by atoms with E-state index in [1.165, 1.54) is 19.2 Å². The van der Waals surface area contributed by atoms with Crippen molar-refractivity contribution in [3.8, 4) is 0 Å². The average Bonchev–Trinajstić information content (AvgIpc) is 3.42. The summed E-state index contributed by atoms with van der Waals surface area (Å²) in [4.78, 5) is 25.0. The average molecular weight is 369 g/mol. The van der Waals surface area contributed by atoms with Gasteiger partial charge in [0.2, 0.25) is 0 Å². The van der Waals surface area contributed by atoms with E-state index >= 15 is 0 Å². The molecular formula is C19H27N7O. The van der Waals surface area contributed by atoms with Crippen molar-refractivity contribution >= 4 is 5.91 Å². The van der Waals surface area contributed by atoms with Gasteiger partial charge in [-0.3, -0.25) is 4.79 Å². The van der Waals surface area contributed by atoms with Crippen LogP contribution in [0.2, 0.25) is 0 Å². The van der Waals surface area contributed by atoms with E-state index in [1.54, 1.807) is 6.20 Å². The fraction of sp³-hybridized carbons (Fsp3) is 0.632. The molecule has 2 aromatic heterocycles. The van der Waals surface area contributed by atoms with Crippen molar-refractivity contribution in [1.82, 2.24) is 34.5 Å². The SMILES string of the molecule is Cc1ncncc1C(=O)N1CCC(c2nnc(CN(C)C)n2C2CC2)CC1. The molecule has 1 amide bonds. The molecule has 1 aliphatic carbocycles. The van der Waals surface area contributed by atoms with E-state index in [-0.39, 0.29) is 5.91 Å². The maximum absolute atomic E-state index is 12.8.